The van der Waals surface area contributed by atoms with E-state index in [9.17, 15) is 4.39 Å². The van der Waals surface area contributed by atoms with Gasteiger partial charge < -0.3 is 22.0 Å². The van der Waals surface area contributed by atoms with Crippen LogP contribution in [0.3, 0.4) is 0 Å². The van der Waals surface area contributed by atoms with Gasteiger partial charge in [0.1, 0.15) is 0 Å². The number of aryl methyl sites for hydroxylation is 1. The van der Waals surface area contributed by atoms with Crippen LogP contribution in [-0.2, 0) is 106 Å². The maximum absolute atomic E-state index is 13.4. The number of nitrogens with zero attached hydrogens (tertiary/aromatic N) is 10. The molecule has 16 heteroatoms. The van der Waals surface area contributed by atoms with Crippen molar-refractivity contribution in [2.75, 3.05) is 0 Å². The maximum Gasteiger partial charge on any atom is 0.0608 e. The molecule has 10 heterocycles. The first-order chi connectivity index (χ1) is 50.2. The Morgan fingerprint density at radius 2 is 0.731 bits per heavy atom. The molecular weight excluding hydrogens is 2230 g/mol. The molecule has 0 N–H and O–H groups in total. The summed E-state index contributed by atoms with van der Waals surface area (Å²) in [4.78, 5) is 22.4. The van der Waals surface area contributed by atoms with Crippen molar-refractivity contribution in [2.24, 2.45) is 0 Å². The Morgan fingerprint density at radius 3 is 1.22 bits per heavy atom. The zero-order valence-corrected chi connectivity index (χ0v) is 72.1. The smallest absolute Gasteiger partial charge is 0.0608 e. The molecule has 0 fully saturated rings. The average Bonchev–Trinajstić information content (AvgIpc) is 1.40. The van der Waals surface area contributed by atoms with Crippen LogP contribution in [0.2, 0.25) is 0 Å². The molecule has 21 rings (SSSR count). The monoisotopic (exact) mass is 2300 g/mol. The van der Waals surface area contributed by atoms with Gasteiger partial charge in [-0.25, -0.2) is 0 Å². The van der Waals surface area contributed by atoms with Gasteiger partial charge in [-0.3, -0.25) is 29.3 Å². The largest absolute Gasteiger partial charge is 0.340 e. The molecule has 5 radical (unpaired) electrons. The minimum Gasteiger partial charge on any atom is -0.340 e. The summed E-state index contributed by atoms with van der Waals surface area (Å²) >= 11 is 0. The van der Waals surface area contributed by atoms with E-state index in [1.165, 1.54) is 105 Å². The number of rotatable bonds is 3. The molecule has 545 valence electrons. The first-order valence-electron chi connectivity index (χ1n) is 34.9. The van der Waals surface area contributed by atoms with Crippen LogP contribution >= 0.6 is 0 Å². The number of aromatic nitrogens is 10. The molecule has 0 atom stereocenters. The van der Waals surface area contributed by atoms with Gasteiger partial charge in [0.05, 0.1) is 28.2 Å². The number of para-hydroxylation sites is 2. The van der Waals surface area contributed by atoms with E-state index in [0.717, 1.165) is 71.5 Å². The molecule has 0 spiro atoms. The number of hydrogen-bond donors (Lipinski definition) is 0. The zero-order valence-electron chi connectivity index (χ0n) is 60.1. The second kappa shape index (κ2) is 32.5. The third-order valence-electron chi connectivity index (χ3n) is 19.9. The van der Waals surface area contributed by atoms with Crippen LogP contribution in [0, 0.1) is 43.1 Å². The Hall–Kier alpha value is -9.35. The second-order valence-electron chi connectivity index (χ2n) is 28.0. The quantitative estimate of drug-likeness (QED) is 0.130. The van der Waals surface area contributed by atoms with Crippen LogP contribution in [0.25, 0.3) is 148 Å². The van der Waals surface area contributed by atoms with Crippen LogP contribution in [0.4, 0.5) is 4.39 Å². The van der Waals surface area contributed by atoms with Crippen molar-refractivity contribution in [3.8, 4) is 11.1 Å². The van der Waals surface area contributed by atoms with E-state index >= 15 is 0 Å². The Bertz CT molecular complexity index is 6720. The third-order valence-corrected chi connectivity index (χ3v) is 19.9. The van der Waals surface area contributed by atoms with Crippen molar-refractivity contribution in [1.29, 1.82) is 0 Å². The summed E-state index contributed by atoms with van der Waals surface area (Å²) < 4.78 is 24.1. The molecule has 0 saturated heterocycles. The molecule has 0 unspecified atom stereocenters. The van der Waals surface area contributed by atoms with Gasteiger partial charge in [0.2, 0.25) is 0 Å². The second-order valence-corrected chi connectivity index (χ2v) is 28.0. The summed E-state index contributed by atoms with van der Waals surface area (Å²) in [7, 11) is 0. The molecule has 0 aliphatic rings. The molecule has 10 aromatic heterocycles. The molecule has 0 aliphatic heterocycles. The maximum atomic E-state index is 13.4. The predicted molar refractivity (Wildman–Crippen MR) is 422 cm³/mol. The molecule has 0 saturated carbocycles. The van der Waals surface area contributed by atoms with E-state index in [-0.39, 0.29) is 112 Å². The van der Waals surface area contributed by atoms with E-state index in [0.29, 0.717) is 11.8 Å². The van der Waals surface area contributed by atoms with E-state index in [4.69, 9.17) is 0 Å². The van der Waals surface area contributed by atoms with Crippen LogP contribution in [0.5, 0.6) is 0 Å². The number of imidazole rings is 5. The topological polar surface area (TPSA) is 86.5 Å². The summed E-state index contributed by atoms with van der Waals surface area (Å²) in [6.07, 6.45) is 19.2. The minimum absolute atomic E-state index is 0. The van der Waals surface area contributed by atoms with Crippen LogP contribution in [0.1, 0.15) is 82.6 Å². The summed E-state index contributed by atoms with van der Waals surface area (Å²) in [5, 5.41) is 16.9. The average molecular weight is 2300 g/mol. The molecule has 0 bridgehead atoms. The number of fused-ring (bicyclic) bond motifs is 30. The van der Waals surface area contributed by atoms with E-state index in [2.05, 4.69) is 250 Å². The third kappa shape index (κ3) is 14.2. The van der Waals surface area contributed by atoms with Gasteiger partial charge in [-0.15, -0.1) is 137 Å². The molecule has 0 aliphatic carbocycles. The van der Waals surface area contributed by atoms with Crippen molar-refractivity contribution in [3.63, 3.8) is 0 Å². The van der Waals surface area contributed by atoms with Crippen LogP contribution in [-0.4, -0.2) is 46.9 Å². The van der Waals surface area contributed by atoms with Crippen LogP contribution < -0.4 is 0 Å². The number of pyridine rings is 5. The molecule has 21 aromatic rings. The summed E-state index contributed by atoms with van der Waals surface area (Å²) in [5.74, 6) is 0.792. The first kappa shape index (κ1) is 78.2. The fourth-order valence-electron chi connectivity index (χ4n) is 14.7. The Morgan fingerprint density at radius 1 is 0.343 bits per heavy atom. The Labute approximate surface area is 692 Å². The van der Waals surface area contributed by atoms with Gasteiger partial charge in [-0.05, 0) is 97.6 Å². The Kier molecular flexibility index (Phi) is 23.5. The van der Waals surface area contributed by atoms with Gasteiger partial charge >= 0.3 is 0 Å². The number of halogens is 1. The SMILES string of the molecule is CC(C)(C)c1ccc2c(c1)c1ccc[c-]c1c1nccn21.CC(C)c1ccc(-c2cccc3c4ccc[c-]c4c4nccn4c23)cc1.CC(C)c1ccc2c(c1)c1ccc[c-]c1c1nccn21.Cc1ccc2c(c1)c1ccc[c-]c1c1nccn21.Fc1c[c-]c2c(c1)c1ccccc1n1ccnc21.[Ir].[Ir].[Ir].[Ir].[Ir]. The molecular formula is C92H70FIr5N10-5. The number of hydrogen-bond acceptors (Lipinski definition) is 5. The van der Waals surface area contributed by atoms with E-state index in [1.807, 2.05) is 133 Å². The summed E-state index contributed by atoms with van der Waals surface area (Å²) in [5.41, 5.74) is 18.5. The minimum atomic E-state index is -0.274. The summed E-state index contributed by atoms with van der Waals surface area (Å²) in [6, 6.07) is 87.2. The summed E-state index contributed by atoms with van der Waals surface area (Å²) in [6.45, 7) is 17.8. The zero-order chi connectivity index (χ0) is 70.2. The van der Waals surface area contributed by atoms with Gasteiger partial charge in [0.15, 0.2) is 0 Å². The van der Waals surface area contributed by atoms with Gasteiger partial charge in [-0.2, -0.15) is 0 Å². The number of benzene rings is 11. The van der Waals surface area contributed by atoms with Gasteiger partial charge in [0.25, 0.3) is 0 Å². The normalized spacial score (nSPS) is 11.4. The van der Waals surface area contributed by atoms with Gasteiger partial charge in [-0.1, -0.05) is 183 Å². The fourth-order valence-corrected chi connectivity index (χ4v) is 14.7. The molecule has 11 aromatic carbocycles. The standard InChI is InChI=1S/C24H19N2.C19H17N2.C18H15N2.C16H11N2.C15H8FN2.5Ir/c1-16(2)17-10-12-18(13-11-17)19-8-5-9-21-20-6-3-4-7-22(20)24-25-14-15-26(24)23(19)21;1-19(2,3)13-8-9-17-16(12-13)14-6-4-5-7-15(14)18-20-10-11-21(17)18;1-12(2)13-7-8-17-16(11-13)14-5-3-4-6-15(14)18-19-9-10-20(17)18;1-11-6-7-15-14(10-11)12-4-2-3-5-13(12)16-17-8-9-18(15)16;16-10-5-6-12-13(9-10)11-3-1-2-4-14(11)18-8-7-17-15(12)18;;;;;/h3-6,8-16H,1-2H3;4-6,8-12H,1-3H3;3-5,7-12H,1-2H3;2-4,6-10H,1H3;1-5,7-9H;;;;;/q5*-1;;;;;. The predicted octanol–water partition coefficient (Wildman–Crippen LogP) is 22.9. The molecule has 10 nitrogen and oxygen atoms in total. The van der Waals surface area contributed by atoms with Gasteiger partial charge in [0, 0.05) is 201 Å². The fraction of sp³-hybridized carbons (Fsp3) is 0.120. The van der Waals surface area contributed by atoms with Crippen LogP contribution in [0.15, 0.2) is 268 Å². The molecule has 108 heavy (non-hydrogen) atoms. The van der Waals surface area contributed by atoms with Crippen molar-refractivity contribution >= 4 is 137 Å². The van der Waals surface area contributed by atoms with Crippen molar-refractivity contribution in [3.05, 3.63) is 327 Å². The van der Waals surface area contributed by atoms with Crippen molar-refractivity contribution < 1.29 is 105 Å². The first-order valence-corrected chi connectivity index (χ1v) is 34.9. The van der Waals surface area contributed by atoms with E-state index in [1.54, 1.807) is 12.3 Å². The van der Waals surface area contributed by atoms with Crippen molar-refractivity contribution in [2.45, 2.75) is 72.6 Å². The Balaban J connectivity index is 0.000000125. The van der Waals surface area contributed by atoms with E-state index < -0.39 is 0 Å². The molecule has 0 amide bonds. The van der Waals surface area contributed by atoms with Crippen molar-refractivity contribution in [1.82, 2.24) is 46.9 Å².